The highest BCUT2D eigenvalue weighted by Crippen LogP contribution is 2.28. The van der Waals surface area contributed by atoms with E-state index in [4.69, 9.17) is 0 Å². The summed E-state index contributed by atoms with van der Waals surface area (Å²) in [7, 11) is 2.09. The number of amides is 1. The number of nitrogens with zero attached hydrogens (tertiary/aromatic N) is 5. The van der Waals surface area contributed by atoms with E-state index in [-0.39, 0.29) is 23.5 Å². The van der Waals surface area contributed by atoms with Crippen molar-refractivity contribution in [2.75, 3.05) is 38.1 Å². The molecule has 0 bridgehead atoms. The fourth-order valence-electron chi connectivity index (χ4n) is 3.81. The molecule has 162 valence electrons. The quantitative estimate of drug-likeness (QED) is 0.662. The Labute approximate surface area is 181 Å². The van der Waals surface area contributed by atoms with Crippen molar-refractivity contribution in [1.29, 1.82) is 0 Å². The molecule has 1 aromatic heterocycles. The van der Waals surface area contributed by atoms with E-state index in [2.05, 4.69) is 32.5 Å². The summed E-state index contributed by atoms with van der Waals surface area (Å²) in [6.45, 7) is 6.02. The Morgan fingerprint density at radius 3 is 2.61 bits per heavy atom. The maximum atomic E-state index is 14.0. The highest BCUT2D eigenvalue weighted by molar-refractivity contribution is 5.92. The predicted octanol–water partition coefficient (Wildman–Crippen LogP) is 2.71. The van der Waals surface area contributed by atoms with Crippen LogP contribution < -0.4 is 10.2 Å². The zero-order valence-corrected chi connectivity index (χ0v) is 17.8. The molecule has 1 aliphatic heterocycles. The second kappa shape index (κ2) is 9.26. The van der Waals surface area contributed by atoms with Gasteiger partial charge in [0.25, 0.3) is 5.91 Å². The van der Waals surface area contributed by atoms with Crippen molar-refractivity contribution >= 4 is 11.6 Å². The van der Waals surface area contributed by atoms with E-state index in [0.29, 0.717) is 6.54 Å². The molecule has 3 aromatic rings. The third kappa shape index (κ3) is 5.08. The number of likely N-dealkylation sites (N-methyl/N-ethyl adjacent to an activating group) is 1. The van der Waals surface area contributed by atoms with Crippen molar-refractivity contribution in [1.82, 2.24) is 25.2 Å². The lowest BCUT2D eigenvalue weighted by atomic mass is 10.0. The first-order valence-electron chi connectivity index (χ1n) is 10.5. The van der Waals surface area contributed by atoms with Crippen LogP contribution >= 0.6 is 0 Å². The summed E-state index contributed by atoms with van der Waals surface area (Å²) >= 11 is 0. The molecule has 1 amide bonds. The van der Waals surface area contributed by atoms with Gasteiger partial charge >= 0.3 is 0 Å². The minimum Gasteiger partial charge on any atom is -0.369 e. The number of aromatic nitrogens is 3. The molecule has 1 saturated heterocycles. The van der Waals surface area contributed by atoms with Crippen LogP contribution in [0.3, 0.4) is 0 Å². The van der Waals surface area contributed by atoms with Crippen molar-refractivity contribution in [3.05, 3.63) is 77.4 Å². The van der Waals surface area contributed by atoms with E-state index in [0.717, 1.165) is 43.0 Å². The summed E-state index contributed by atoms with van der Waals surface area (Å²) in [5.74, 6) is -0.650. The minimum absolute atomic E-state index is 0.236. The number of anilines is 1. The Kier molecular flexibility index (Phi) is 6.27. The van der Waals surface area contributed by atoms with Crippen LogP contribution in [0.15, 0.2) is 54.7 Å². The summed E-state index contributed by atoms with van der Waals surface area (Å²) in [6, 6.07) is 14.3. The molecule has 8 heteroatoms. The molecule has 0 radical (unpaired) electrons. The van der Waals surface area contributed by atoms with Gasteiger partial charge in [-0.05, 0) is 37.7 Å². The Bertz CT molecular complexity index is 1030. The SMILES string of the molecule is CC(NC(=O)c1cn(Cc2ccccc2)nn1)c1cc(F)ccc1N1CCN(C)CC1. The first-order chi connectivity index (χ1) is 15.0. The largest absolute Gasteiger partial charge is 0.369 e. The molecule has 1 atom stereocenters. The third-order valence-electron chi connectivity index (χ3n) is 5.61. The monoisotopic (exact) mass is 422 g/mol. The predicted molar refractivity (Wildman–Crippen MR) is 118 cm³/mol. The molecule has 7 nitrogen and oxygen atoms in total. The Hall–Kier alpha value is -3.26. The van der Waals surface area contributed by atoms with Gasteiger partial charge in [0.05, 0.1) is 18.8 Å². The fourth-order valence-corrected chi connectivity index (χ4v) is 3.81. The second-order valence-electron chi connectivity index (χ2n) is 7.98. The molecule has 0 spiro atoms. The molecular weight excluding hydrogens is 395 g/mol. The third-order valence-corrected chi connectivity index (χ3v) is 5.61. The molecule has 0 aliphatic carbocycles. The number of piperazine rings is 1. The van der Waals surface area contributed by atoms with Gasteiger partial charge in [-0.1, -0.05) is 35.5 Å². The van der Waals surface area contributed by atoms with Gasteiger partial charge in [-0.25, -0.2) is 9.07 Å². The number of nitrogens with one attached hydrogen (secondary N) is 1. The Morgan fingerprint density at radius 1 is 1.13 bits per heavy atom. The summed E-state index contributed by atoms with van der Waals surface area (Å²) < 4.78 is 15.7. The average Bonchev–Trinajstić information content (AvgIpc) is 3.24. The zero-order chi connectivity index (χ0) is 21.8. The van der Waals surface area contributed by atoms with Crippen LogP contribution in [-0.4, -0.2) is 59.0 Å². The van der Waals surface area contributed by atoms with Gasteiger partial charge in [-0.15, -0.1) is 5.10 Å². The van der Waals surface area contributed by atoms with Crippen LogP contribution in [0.1, 0.15) is 34.6 Å². The number of hydrogen-bond acceptors (Lipinski definition) is 5. The Balaban J connectivity index is 1.46. The average molecular weight is 423 g/mol. The van der Waals surface area contributed by atoms with Crippen molar-refractivity contribution in [3.8, 4) is 0 Å². The van der Waals surface area contributed by atoms with Crippen LogP contribution in [0.25, 0.3) is 0 Å². The van der Waals surface area contributed by atoms with E-state index in [1.54, 1.807) is 16.9 Å². The number of carbonyl (C=O) groups is 1. The summed E-state index contributed by atoms with van der Waals surface area (Å²) in [5.41, 5.74) is 3.02. The normalized spacial score (nSPS) is 15.6. The molecule has 31 heavy (non-hydrogen) atoms. The van der Waals surface area contributed by atoms with Crippen molar-refractivity contribution < 1.29 is 9.18 Å². The lowest BCUT2D eigenvalue weighted by Gasteiger charge is -2.36. The van der Waals surface area contributed by atoms with Gasteiger partial charge in [-0.3, -0.25) is 4.79 Å². The van der Waals surface area contributed by atoms with Crippen LogP contribution in [-0.2, 0) is 6.54 Å². The number of carbonyl (C=O) groups excluding carboxylic acids is 1. The lowest BCUT2D eigenvalue weighted by Crippen LogP contribution is -2.45. The molecule has 1 aliphatic rings. The van der Waals surface area contributed by atoms with E-state index in [9.17, 15) is 9.18 Å². The standard InChI is InChI=1S/C23H27FN6O/c1-17(20-14-19(24)8-9-22(20)29-12-10-28(2)11-13-29)25-23(31)21-16-30(27-26-21)15-18-6-4-3-5-7-18/h3-9,14,16-17H,10-13,15H2,1-2H3,(H,25,31). The van der Waals surface area contributed by atoms with Gasteiger partial charge in [0.2, 0.25) is 0 Å². The molecule has 1 N–H and O–H groups in total. The maximum absolute atomic E-state index is 14.0. The van der Waals surface area contributed by atoms with Gasteiger partial charge < -0.3 is 15.1 Å². The van der Waals surface area contributed by atoms with Crippen molar-refractivity contribution in [3.63, 3.8) is 0 Å². The first kappa shape index (κ1) is 21.0. The van der Waals surface area contributed by atoms with Gasteiger partial charge in [-0.2, -0.15) is 0 Å². The Morgan fingerprint density at radius 2 is 1.87 bits per heavy atom. The number of hydrogen-bond donors (Lipinski definition) is 1. The van der Waals surface area contributed by atoms with Gasteiger partial charge in [0.1, 0.15) is 5.82 Å². The number of benzene rings is 2. The second-order valence-corrected chi connectivity index (χ2v) is 7.98. The van der Waals surface area contributed by atoms with E-state index in [1.165, 1.54) is 12.1 Å². The number of halogens is 1. The lowest BCUT2D eigenvalue weighted by molar-refractivity contribution is 0.0934. The molecule has 1 fully saturated rings. The fraction of sp³-hybridized carbons (Fsp3) is 0.348. The molecule has 4 rings (SSSR count). The topological polar surface area (TPSA) is 66.3 Å². The van der Waals surface area contributed by atoms with Crippen LogP contribution in [0.5, 0.6) is 0 Å². The minimum atomic E-state index is -0.378. The molecule has 1 unspecified atom stereocenters. The van der Waals surface area contributed by atoms with E-state index in [1.807, 2.05) is 37.3 Å². The first-order valence-corrected chi connectivity index (χ1v) is 10.5. The number of rotatable bonds is 6. The van der Waals surface area contributed by atoms with Crippen molar-refractivity contribution in [2.24, 2.45) is 0 Å². The summed E-state index contributed by atoms with van der Waals surface area (Å²) in [4.78, 5) is 17.3. The maximum Gasteiger partial charge on any atom is 0.273 e. The van der Waals surface area contributed by atoms with Gasteiger partial charge in [0.15, 0.2) is 5.69 Å². The van der Waals surface area contributed by atoms with E-state index < -0.39 is 0 Å². The highest BCUT2D eigenvalue weighted by atomic mass is 19.1. The molecule has 0 saturated carbocycles. The molecular formula is C23H27FN6O. The molecule has 2 aromatic carbocycles. The van der Waals surface area contributed by atoms with Gasteiger partial charge in [0, 0.05) is 37.4 Å². The highest BCUT2D eigenvalue weighted by Gasteiger charge is 2.22. The zero-order valence-electron chi connectivity index (χ0n) is 17.8. The van der Waals surface area contributed by atoms with Crippen LogP contribution in [0.2, 0.25) is 0 Å². The molecule has 2 heterocycles. The smallest absolute Gasteiger partial charge is 0.273 e. The van der Waals surface area contributed by atoms with E-state index >= 15 is 0 Å². The summed E-state index contributed by atoms with van der Waals surface area (Å²) in [5, 5.41) is 11.0. The summed E-state index contributed by atoms with van der Waals surface area (Å²) in [6.07, 6.45) is 1.63. The van der Waals surface area contributed by atoms with Crippen molar-refractivity contribution in [2.45, 2.75) is 19.5 Å². The van der Waals surface area contributed by atoms with Crippen LogP contribution in [0.4, 0.5) is 10.1 Å². The van der Waals surface area contributed by atoms with Crippen LogP contribution in [0, 0.1) is 5.82 Å².